The Morgan fingerprint density at radius 3 is 2.96 bits per heavy atom. The molecule has 128 valence electrons. The first-order valence-electron chi connectivity index (χ1n) is 8.38. The van der Waals surface area contributed by atoms with Crippen LogP contribution in [0.15, 0.2) is 28.8 Å². The molecular formula is C17H21FN4O2. The van der Waals surface area contributed by atoms with Gasteiger partial charge in [0.2, 0.25) is 11.7 Å². The van der Waals surface area contributed by atoms with Gasteiger partial charge in [0, 0.05) is 38.2 Å². The quantitative estimate of drug-likeness (QED) is 0.923. The maximum atomic E-state index is 13.3. The summed E-state index contributed by atoms with van der Waals surface area (Å²) in [6.45, 7) is 4.71. The third kappa shape index (κ3) is 3.48. The van der Waals surface area contributed by atoms with E-state index in [9.17, 15) is 4.39 Å². The molecule has 0 radical (unpaired) electrons. The lowest BCUT2D eigenvalue weighted by molar-refractivity contribution is 0.0342. The Balaban J connectivity index is 1.48. The number of aromatic nitrogens is 2. The summed E-state index contributed by atoms with van der Waals surface area (Å²) in [5, 5.41) is 7.13. The number of nitrogens with zero attached hydrogens (tertiary/aromatic N) is 3. The van der Waals surface area contributed by atoms with Gasteiger partial charge in [0.1, 0.15) is 6.17 Å². The highest BCUT2D eigenvalue weighted by Gasteiger charge is 2.29. The van der Waals surface area contributed by atoms with Crippen LogP contribution in [-0.4, -0.2) is 54.1 Å². The molecule has 6 nitrogen and oxygen atoms in total. The highest BCUT2D eigenvalue weighted by Crippen LogP contribution is 2.26. The molecule has 0 saturated carbocycles. The Morgan fingerprint density at radius 1 is 1.29 bits per heavy atom. The van der Waals surface area contributed by atoms with Crippen LogP contribution in [0.25, 0.3) is 11.4 Å². The fraction of sp³-hybridized carbons (Fsp3) is 0.529. The van der Waals surface area contributed by atoms with Crippen LogP contribution in [0.1, 0.15) is 23.9 Å². The van der Waals surface area contributed by atoms with E-state index in [4.69, 9.17) is 9.26 Å². The predicted molar refractivity (Wildman–Crippen MR) is 86.1 cm³/mol. The van der Waals surface area contributed by atoms with Gasteiger partial charge < -0.3 is 14.6 Å². The molecule has 7 heteroatoms. The van der Waals surface area contributed by atoms with Crippen molar-refractivity contribution in [3.8, 4) is 11.4 Å². The second kappa shape index (κ2) is 6.96. The first kappa shape index (κ1) is 15.7. The van der Waals surface area contributed by atoms with E-state index in [1.54, 1.807) is 0 Å². The molecule has 3 heterocycles. The van der Waals surface area contributed by atoms with E-state index in [0.717, 1.165) is 38.4 Å². The maximum Gasteiger partial charge on any atom is 0.244 e. The van der Waals surface area contributed by atoms with E-state index < -0.39 is 6.17 Å². The van der Waals surface area contributed by atoms with E-state index in [-0.39, 0.29) is 6.04 Å². The molecule has 24 heavy (non-hydrogen) atoms. The minimum atomic E-state index is -0.845. The molecule has 2 saturated heterocycles. The number of rotatable bonds is 4. The average Bonchev–Trinajstić information content (AvgIpc) is 3.25. The van der Waals surface area contributed by atoms with Crippen LogP contribution in [0.4, 0.5) is 4.39 Å². The van der Waals surface area contributed by atoms with Crippen molar-refractivity contribution in [1.82, 2.24) is 20.4 Å². The molecule has 2 aliphatic heterocycles. The Bertz CT molecular complexity index is 687. The zero-order valence-electron chi connectivity index (χ0n) is 13.4. The van der Waals surface area contributed by atoms with Crippen molar-refractivity contribution < 1.29 is 13.7 Å². The van der Waals surface area contributed by atoms with E-state index in [1.165, 1.54) is 5.56 Å². The van der Waals surface area contributed by atoms with E-state index in [1.807, 2.05) is 12.1 Å². The van der Waals surface area contributed by atoms with Gasteiger partial charge in [-0.25, -0.2) is 4.39 Å². The zero-order valence-corrected chi connectivity index (χ0v) is 13.4. The van der Waals surface area contributed by atoms with Gasteiger partial charge in [-0.3, -0.25) is 4.90 Å². The molecule has 1 aromatic carbocycles. The molecular weight excluding hydrogens is 311 g/mol. The van der Waals surface area contributed by atoms with Gasteiger partial charge in [-0.2, -0.15) is 4.98 Å². The molecule has 1 aromatic heterocycles. The topological polar surface area (TPSA) is 63.4 Å². The van der Waals surface area contributed by atoms with Crippen LogP contribution in [-0.2, 0) is 11.3 Å². The molecule has 2 atom stereocenters. The van der Waals surface area contributed by atoms with Crippen molar-refractivity contribution in [3.63, 3.8) is 0 Å². The van der Waals surface area contributed by atoms with Crippen LogP contribution >= 0.6 is 0 Å². The lowest BCUT2D eigenvalue weighted by Gasteiger charge is -2.26. The summed E-state index contributed by atoms with van der Waals surface area (Å²) >= 11 is 0. The number of benzene rings is 1. The fourth-order valence-corrected chi connectivity index (χ4v) is 3.20. The monoisotopic (exact) mass is 332 g/mol. The summed E-state index contributed by atoms with van der Waals surface area (Å²) in [6.07, 6.45) is -0.458. The Morgan fingerprint density at radius 2 is 2.17 bits per heavy atom. The molecule has 0 unspecified atom stereocenters. The summed E-state index contributed by atoms with van der Waals surface area (Å²) in [5.74, 6) is 1.02. The highest BCUT2D eigenvalue weighted by atomic mass is 19.1. The van der Waals surface area contributed by atoms with Crippen molar-refractivity contribution >= 4 is 0 Å². The SMILES string of the molecule is F[C@@H]1CN[C@@H](c2nc(-c3cccc(CN4CCOCC4)c3)no2)C1. The normalized spacial score (nSPS) is 25.2. The fourth-order valence-electron chi connectivity index (χ4n) is 3.20. The van der Waals surface area contributed by atoms with Crippen LogP contribution in [0.5, 0.6) is 0 Å². The van der Waals surface area contributed by atoms with E-state index in [2.05, 4.69) is 32.5 Å². The molecule has 4 rings (SSSR count). The van der Waals surface area contributed by atoms with Crippen LogP contribution in [0.2, 0.25) is 0 Å². The number of nitrogens with one attached hydrogen (secondary N) is 1. The number of alkyl halides is 1. The Hall–Kier alpha value is -1.83. The lowest BCUT2D eigenvalue weighted by atomic mass is 10.1. The van der Waals surface area contributed by atoms with Gasteiger partial charge in [0.05, 0.1) is 19.3 Å². The van der Waals surface area contributed by atoms with Crippen molar-refractivity contribution in [2.24, 2.45) is 0 Å². The second-order valence-corrected chi connectivity index (χ2v) is 6.34. The Kier molecular flexibility index (Phi) is 4.55. The first-order chi connectivity index (χ1) is 11.8. The van der Waals surface area contributed by atoms with Gasteiger partial charge in [-0.15, -0.1) is 0 Å². The summed E-state index contributed by atoms with van der Waals surface area (Å²) in [4.78, 5) is 6.81. The first-order valence-corrected chi connectivity index (χ1v) is 8.38. The molecule has 1 N–H and O–H groups in total. The van der Waals surface area contributed by atoms with Gasteiger partial charge >= 0.3 is 0 Å². The summed E-state index contributed by atoms with van der Waals surface area (Å²) in [6, 6.07) is 7.98. The number of hydrogen-bond acceptors (Lipinski definition) is 6. The third-order valence-electron chi connectivity index (χ3n) is 4.51. The Labute approximate surface area is 140 Å². The van der Waals surface area contributed by atoms with Crippen molar-refractivity contribution in [2.45, 2.75) is 25.2 Å². The highest BCUT2D eigenvalue weighted by molar-refractivity contribution is 5.55. The van der Waals surface area contributed by atoms with Gasteiger partial charge in [-0.1, -0.05) is 23.4 Å². The second-order valence-electron chi connectivity index (χ2n) is 6.34. The van der Waals surface area contributed by atoms with Gasteiger partial charge in [0.25, 0.3) is 0 Å². The standard InChI is InChI=1S/C17H21FN4O2/c18-14-9-15(19-10-14)17-20-16(21-24-17)13-3-1-2-12(8-13)11-22-4-6-23-7-5-22/h1-3,8,14-15,19H,4-7,9-11H2/t14-,15+/m0/s1. The average molecular weight is 332 g/mol. The van der Waals surface area contributed by atoms with E-state index >= 15 is 0 Å². The lowest BCUT2D eigenvalue weighted by Crippen LogP contribution is -2.35. The van der Waals surface area contributed by atoms with Crippen LogP contribution < -0.4 is 5.32 Å². The van der Waals surface area contributed by atoms with Crippen molar-refractivity contribution in [3.05, 3.63) is 35.7 Å². The molecule has 0 bridgehead atoms. The van der Waals surface area contributed by atoms with Crippen molar-refractivity contribution in [2.75, 3.05) is 32.8 Å². The predicted octanol–water partition coefficient (Wildman–Crippen LogP) is 1.94. The van der Waals surface area contributed by atoms with Gasteiger partial charge in [0.15, 0.2) is 0 Å². The third-order valence-corrected chi connectivity index (χ3v) is 4.51. The summed E-state index contributed by atoms with van der Waals surface area (Å²) in [5.41, 5.74) is 2.13. The number of ether oxygens (including phenoxy) is 1. The molecule has 2 aliphatic rings. The minimum absolute atomic E-state index is 0.183. The number of hydrogen-bond donors (Lipinski definition) is 1. The molecule has 0 aliphatic carbocycles. The molecule has 2 fully saturated rings. The molecule has 0 spiro atoms. The molecule has 0 amide bonds. The smallest absolute Gasteiger partial charge is 0.244 e. The van der Waals surface area contributed by atoms with Gasteiger partial charge in [-0.05, 0) is 11.6 Å². The molecule has 2 aromatic rings. The van der Waals surface area contributed by atoms with Crippen LogP contribution in [0, 0.1) is 0 Å². The summed E-state index contributed by atoms with van der Waals surface area (Å²) < 4.78 is 24.0. The number of morpholine rings is 1. The van der Waals surface area contributed by atoms with Crippen molar-refractivity contribution in [1.29, 1.82) is 0 Å². The number of halogens is 1. The minimum Gasteiger partial charge on any atom is -0.379 e. The maximum absolute atomic E-state index is 13.3. The van der Waals surface area contributed by atoms with E-state index in [0.29, 0.717) is 24.7 Å². The van der Waals surface area contributed by atoms with Crippen LogP contribution in [0.3, 0.4) is 0 Å². The largest absolute Gasteiger partial charge is 0.379 e. The zero-order chi connectivity index (χ0) is 16.4. The summed E-state index contributed by atoms with van der Waals surface area (Å²) in [7, 11) is 0.